The molecule has 0 bridgehead atoms. The second-order valence-electron chi connectivity index (χ2n) is 6.13. The molecule has 1 atom stereocenters. The van der Waals surface area contributed by atoms with Crippen molar-refractivity contribution in [1.82, 2.24) is 24.9 Å². The van der Waals surface area contributed by atoms with Gasteiger partial charge in [0.1, 0.15) is 6.04 Å². The third-order valence-electron chi connectivity index (χ3n) is 4.42. The lowest BCUT2D eigenvalue weighted by atomic mass is 10.1. The van der Waals surface area contributed by atoms with Gasteiger partial charge < -0.3 is 14.3 Å². The van der Waals surface area contributed by atoms with Gasteiger partial charge in [0.25, 0.3) is 5.91 Å². The van der Waals surface area contributed by atoms with E-state index in [1.807, 2.05) is 6.92 Å². The average molecular weight is 343 g/mol. The summed E-state index contributed by atoms with van der Waals surface area (Å²) in [6.45, 7) is 6.45. The number of aromatic nitrogens is 3. The Kier molecular flexibility index (Phi) is 4.78. The van der Waals surface area contributed by atoms with Gasteiger partial charge in [0.15, 0.2) is 5.82 Å². The second-order valence-corrected chi connectivity index (χ2v) is 6.13. The highest BCUT2D eigenvalue weighted by Gasteiger charge is 2.32. The van der Waals surface area contributed by atoms with E-state index in [-0.39, 0.29) is 17.9 Å². The zero-order valence-electron chi connectivity index (χ0n) is 14.6. The molecule has 3 rings (SSSR count). The van der Waals surface area contributed by atoms with E-state index >= 15 is 0 Å². The molecule has 0 aromatic carbocycles. The largest absolute Gasteiger partial charge is 0.337 e. The van der Waals surface area contributed by atoms with E-state index in [0.29, 0.717) is 49.0 Å². The van der Waals surface area contributed by atoms with E-state index in [2.05, 4.69) is 15.1 Å². The number of nitrogens with zero attached hydrogens (tertiary/aromatic N) is 5. The van der Waals surface area contributed by atoms with E-state index in [9.17, 15) is 9.59 Å². The molecule has 0 spiro atoms. The minimum atomic E-state index is -0.313. The van der Waals surface area contributed by atoms with Gasteiger partial charge in [0.05, 0.1) is 5.56 Å². The fraction of sp³-hybridized carbons (Fsp3) is 0.471. The van der Waals surface area contributed by atoms with Gasteiger partial charge >= 0.3 is 0 Å². The maximum atomic E-state index is 12.8. The molecule has 2 aromatic rings. The Labute approximate surface area is 145 Å². The van der Waals surface area contributed by atoms with Crippen molar-refractivity contribution in [3.05, 3.63) is 41.3 Å². The van der Waals surface area contributed by atoms with Gasteiger partial charge in [-0.15, -0.1) is 0 Å². The summed E-state index contributed by atoms with van der Waals surface area (Å²) >= 11 is 0. The summed E-state index contributed by atoms with van der Waals surface area (Å²) in [4.78, 5) is 36.8. The van der Waals surface area contributed by atoms with Gasteiger partial charge in [-0.1, -0.05) is 5.16 Å². The Morgan fingerprint density at radius 2 is 2.04 bits per heavy atom. The smallest absolute Gasteiger partial charge is 0.255 e. The van der Waals surface area contributed by atoms with Crippen molar-refractivity contribution in [2.45, 2.75) is 33.2 Å². The van der Waals surface area contributed by atoms with Crippen molar-refractivity contribution in [2.24, 2.45) is 0 Å². The van der Waals surface area contributed by atoms with Crippen molar-refractivity contribution < 1.29 is 14.1 Å². The molecule has 1 fully saturated rings. The van der Waals surface area contributed by atoms with Crippen LogP contribution in [0.2, 0.25) is 0 Å². The lowest BCUT2D eigenvalue weighted by Crippen LogP contribution is -2.37. The molecular formula is C17H21N5O3. The third kappa shape index (κ3) is 3.52. The van der Waals surface area contributed by atoms with Gasteiger partial charge in [-0.3, -0.25) is 14.6 Å². The van der Waals surface area contributed by atoms with E-state index in [1.165, 1.54) is 6.92 Å². The van der Waals surface area contributed by atoms with Crippen LogP contribution in [0.1, 0.15) is 47.2 Å². The Bertz CT molecular complexity index is 788. The molecule has 8 heteroatoms. The summed E-state index contributed by atoms with van der Waals surface area (Å²) in [6, 6.07) is 3.22. The van der Waals surface area contributed by atoms with Gasteiger partial charge in [0.2, 0.25) is 11.8 Å². The second kappa shape index (κ2) is 7.00. The molecule has 2 aromatic heterocycles. The summed E-state index contributed by atoms with van der Waals surface area (Å²) in [5, 5.41) is 3.82. The van der Waals surface area contributed by atoms with Crippen molar-refractivity contribution in [3.63, 3.8) is 0 Å². The molecule has 0 saturated carbocycles. The van der Waals surface area contributed by atoms with Gasteiger partial charge in [-0.2, -0.15) is 4.98 Å². The fourth-order valence-corrected chi connectivity index (χ4v) is 3.10. The summed E-state index contributed by atoms with van der Waals surface area (Å²) in [7, 11) is 0. The molecule has 25 heavy (non-hydrogen) atoms. The lowest BCUT2D eigenvalue weighted by Gasteiger charge is -2.25. The maximum absolute atomic E-state index is 12.8. The van der Waals surface area contributed by atoms with Gasteiger partial charge in [-0.05, 0) is 32.4 Å². The van der Waals surface area contributed by atoms with Crippen LogP contribution in [0.5, 0.6) is 0 Å². The summed E-state index contributed by atoms with van der Waals surface area (Å²) in [5.74, 6) is 0.797. The Hall–Kier alpha value is -2.77. The van der Waals surface area contributed by atoms with Crippen LogP contribution in [0.4, 0.5) is 0 Å². The molecule has 0 radical (unpaired) electrons. The van der Waals surface area contributed by atoms with Crippen molar-refractivity contribution in [1.29, 1.82) is 0 Å². The SMILES string of the molecule is CC(=O)N1CCN(C(=O)c2cccnc2C)CCC1c1nc(C)no1. The number of rotatable bonds is 2. The molecule has 2 amide bonds. The Balaban J connectivity index is 1.82. The number of hydrogen-bond donors (Lipinski definition) is 0. The van der Waals surface area contributed by atoms with Crippen molar-refractivity contribution in [3.8, 4) is 0 Å². The van der Waals surface area contributed by atoms with Gasteiger partial charge in [-0.25, -0.2) is 0 Å². The molecule has 8 nitrogen and oxygen atoms in total. The number of aryl methyl sites for hydroxylation is 2. The maximum Gasteiger partial charge on any atom is 0.255 e. The molecule has 3 heterocycles. The number of pyridine rings is 1. The standard InChI is InChI=1S/C17H21N5O3/c1-11-14(5-4-7-18-11)17(24)21-8-6-15(16-19-12(2)20-25-16)22(10-9-21)13(3)23/h4-5,7,15H,6,8-10H2,1-3H3. The zero-order valence-corrected chi connectivity index (χ0v) is 14.6. The van der Waals surface area contributed by atoms with Crippen LogP contribution >= 0.6 is 0 Å². The van der Waals surface area contributed by atoms with Crippen LogP contribution in [-0.2, 0) is 4.79 Å². The summed E-state index contributed by atoms with van der Waals surface area (Å²) in [5.41, 5.74) is 1.29. The van der Waals surface area contributed by atoms with Crippen LogP contribution in [0, 0.1) is 13.8 Å². The molecule has 0 aliphatic carbocycles. The first-order valence-electron chi connectivity index (χ1n) is 8.25. The van der Waals surface area contributed by atoms with Gasteiger partial charge in [0, 0.05) is 38.4 Å². The molecule has 1 aliphatic rings. The van der Waals surface area contributed by atoms with Crippen LogP contribution in [0.15, 0.2) is 22.9 Å². The number of carbonyl (C=O) groups excluding carboxylic acids is 2. The van der Waals surface area contributed by atoms with Crippen LogP contribution in [0.25, 0.3) is 0 Å². The molecule has 1 saturated heterocycles. The quantitative estimate of drug-likeness (QED) is 0.821. The highest BCUT2D eigenvalue weighted by atomic mass is 16.5. The number of carbonyl (C=O) groups is 2. The topological polar surface area (TPSA) is 92.4 Å². The molecular weight excluding hydrogens is 322 g/mol. The first-order chi connectivity index (χ1) is 12.0. The first-order valence-corrected chi connectivity index (χ1v) is 8.25. The molecule has 132 valence electrons. The van der Waals surface area contributed by atoms with E-state index in [0.717, 1.165) is 0 Å². The fourth-order valence-electron chi connectivity index (χ4n) is 3.10. The predicted molar refractivity (Wildman–Crippen MR) is 88.7 cm³/mol. The van der Waals surface area contributed by atoms with Crippen LogP contribution < -0.4 is 0 Å². The van der Waals surface area contributed by atoms with Crippen molar-refractivity contribution >= 4 is 11.8 Å². The number of amides is 2. The monoisotopic (exact) mass is 343 g/mol. The van der Waals surface area contributed by atoms with Crippen LogP contribution in [-0.4, -0.2) is 56.4 Å². The highest BCUT2D eigenvalue weighted by molar-refractivity contribution is 5.95. The normalized spacial score (nSPS) is 18.1. The number of hydrogen-bond acceptors (Lipinski definition) is 6. The summed E-state index contributed by atoms with van der Waals surface area (Å²) in [6.07, 6.45) is 2.21. The predicted octanol–water partition coefficient (Wildman–Crippen LogP) is 1.52. The third-order valence-corrected chi connectivity index (χ3v) is 4.42. The molecule has 0 N–H and O–H groups in total. The highest BCUT2D eigenvalue weighted by Crippen LogP contribution is 2.26. The van der Waals surface area contributed by atoms with Crippen molar-refractivity contribution in [2.75, 3.05) is 19.6 Å². The minimum Gasteiger partial charge on any atom is -0.337 e. The Morgan fingerprint density at radius 3 is 2.68 bits per heavy atom. The van der Waals surface area contributed by atoms with Crippen LogP contribution in [0.3, 0.4) is 0 Å². The average Bonchev–Trinajstić information content (AvgIpc) is 2.89. The minimum absolute atomic E-state index is 0.0727. The van der Waals surface area contributed by atoms with E-state index < -0.39 is 0 Å². The summed E-state index contributed by atoms with van der Waals surface area (Å²) < 4.78 is 5.27. The molecule has 1 aliphatic heterocycles. The first kappa shape index (κ1) is 17.1. The lowest BCUT2D eigenvalue weighted by molar-refractivity contribution is -0.131. The molecule has 1 unspecified atom stereocenters. The van der Waals surface area contributed by atoms with E-state index in [4.69, 9.17) is 4.52 Å². The van der Waals surface area contributed by atoms with E-state index in [1.54, 1.807) is 35.1 Å². The zero-order chi connectivity index (χ0) is 18.0. The Morgan fingerprint density at radius 1 is 1.24 bits per heavy atom.